The molecule has 0 heterocycles. The van der Waals surface area contributed by atoms with Gasteiger partial charge in [0, 0.05) is 0 Å². The zero-order valence-corrected chi connectivity index (χ0v) is 11.9. The van der Waals surface area contributed by atoms with Gasteiger partial charge in [0.1, 0.15) is 0 Å². The minimum absolute atomic E-state index is 0.223. The quantitative estimate of drug-likeness (QED) is 0.549. The standard InChI is InChI=1S/C16H25NO2/c1-2-3-4-5-8-13-19-16(18)15-10-7-6-9-14(15)11-12-17/h6-7,9-10H,2-5,8,11-13,17H2,1H3. The fourth-order valence-corrected chi connectivity index (χ4v) is 2.04. The number of ether oxygens (including phenoxy) is 1. The number of esters is 1. The highest BCUT2D eigenvalue weighted by Crippen LogP contribution is 2.11. The van der Waals surface area contributed by atoms with Crippen LogP contribution in [0.25, 0.3) is 0 Å². The lowest BCUT2D eigenvalue weighted by Gasteiger charge is -2.08. The zero-order valence-electron chi connectivity index (χ0n) is 11.9. The van der Waals surface area contributed by atoms with E-state index in [0.29, 0.717) is 25.1 Å². The molecule has 0 radical (unpaired) electrons. The molecular formula is C16H25NO2. The van der Waals surface area contributed by atoms with Gasteiger partial charge in [-0.25, -0.2) is 4.79 Å². The molecule has 0 saturated heterocycles. The Kier molecular flexibility index (Phi) is 7.91. The van der Waals surface area contributed by atoms with E-state index in [-0.39, 0.29) is 5.97 Å². The molecule has 1 aromatic carbocycles. The lowest BCUT2D eigenvalue weighted by atomic mass is 10.0. The maximum atomic E-state index is 12.0. The average molecular weight is 263 g/mol. The first-order chi connectivity index (χ1) is 9.29. The topological polar surface area (TPSA) is 52.3 Å². The smallest absolute Gasteiger partial charge is 0.338 e. The Balaban J connectivity index is 2.36. The summed E-state index contributed by atoms with van der Waals surface area (Å²) in [4.78, 5) is 12.0. The van der Waals surface area contributed by atoms with Crippen LogP contribution in [0.5, 0.6) is 0 Å². The molecule has 19 heavy (non-hydrogen) atoms. The van der Waals surface area contributed by atoms with Crippen molar-refractivity contribution in [3.05, 3.63) is 35.4 Å². The van der Waals surface area contributed by atoms with Gasteiger partial charge in [-0.1, -0.05) is 50.8 Å². The predicted molar refractivity (Wildman–Crippen MR) is 78.2 cm³/mol. The second kappa shape index (κ2) is 9.56. The Morgan fingerprint density at radius 3 is 2.63 bits per heavy atom. The molecule has 0 spiro atoms. The Labute approximate surface area is 116 Å². The lowest BCUT2D eigenvalue weighted by Crippen LogP contribution is -2.12. The second-order valence-corrected chi connectivity index (χ2v) is 4.75. The van der Waals surface area contributed by atoms with Crippen LogP contribution in [-0.4, -0.2) is 19.1 Å². The third-order valence-corrected chi connectivity index (χ3v) is 3.13. The molecular weight excluding hydrogens is 238 g/mol. The minimum atomic E-state index is -0.223. The summed E-state index contributed by atoms with van der Waals surface area (Å²) < 4.78 is 5.32. The highest BCUT2D eigenvalue weighted by atomic mass is 16.5. The van der Waals surface area contributed by atoms with E-state index >= 15 is 0 Å². The van der Waals surface area contributed by atoms with E-state index in [1.807, 2.05) is 24.3 Å². The van der Waals surface area contributed by atoms with E-state index in [0.717, 1.165) is 18.4 Å². The molecule has 0 aliphatic carbocycles. The Morgan fingerprint density at radius 2 is 1.89 bits per heavy atom. The summed E-state index contributed by atoms with van der Waals surface area (Å²) in [5.41, 5.74) is 7.17. The van der Waals surface area contributed by atoms with Crippen LogP contribution < -0.4 is 5.73 Å². The van der Waals surface area contributed by atoms with Crippen molar-refractivity contribution in [1.29, 1.82) is 0 Å². The van der Waals surface area contributed by atoms with Gasteiger partial charge < -0.3 is 10.5 Å². The molecule has 0 amide bonds. The van der Waals surface area contributed by atoms with E-state index in [4.69, 9.17) is 10.5 Å². The van der Waals surface area contributed by atoms with E-state index in [2.05, 4.69) is 6.92 Å². The highest BCUT2D eigenvalue weighted by molar-refractivity contribution is 5.91. The van der Waals surface area contributed by atoms with Gasteiger partial charge in [-0.2, -0.15) is 0 Å². The maximum absolute atomic E-state index is 12.0. The van der Waals surface area contributed by atoms with Crippen LogP contribution in [0.15, 0.2) is 24.3 Å². The molecule has 0 saturated carbocycles. The van der Waals surface area contributed by atoms with Crippen LogP contribution in [-0.2, 0) is 11.2 Å². The first-order valence-corrected chi connectivity index (χ1v) is 7.24. The normalized spacial score (nSPS) is 10.4. The Morgan fingerprint density at radius 1 is 1.16 bits per heavy atom. The van der Waals surface area contributed by atoms with Crippen LogP contribution in [0, 0.1) is 0 Å². The predicted octanol–water partition coefficient (Wildman–Crippen LogP) is 3.32. The number of rotatable bonds is 9. The van der Waals surface area contributed by atoms with E-state index in [1.54, 1.807) is 0 Å². The van der Waals surface area contributed by atoms with Gasteiger partial charge in [0.15, 0.2) is 0 Å². The van der Waals surface area contributed by atoms with Crippen molar-refractivity contribution in [2.24, 2.45) is 5.73 Å². The molecule has 3 nitrogen and oxygen atoms in total. The molecule has 1 rings (SSSR count). The maximum Gasteiger partial charge on any atom is 0.338 e. The molecule has 0 aliphatic rings. The number of benzene rings is 1. The van der Waals surface area contributed by atoms with Gasteiger partial charge in [-0.3, -0.25) is 0 Å². The van der Waals surface area contributed by atoms with E-state index in [9.17, 15) is 4.79 Å². The SMILES string of the molecule is CCCCCCCOC(=O)c1ccccc1CCN. The van der Waals surface area contributed by atoms with Gasteiger partial charge in [0.25, 0.3) is 0 Å². The number of unbranched alkanes of at least 4 members (excludes halogenated alkanes) is 4. The number of hydrogen-bond acceptors (Lipinski definition) is 3. The molecule has 3 heteroatoms. The summed E-state index contributed by atoms with van der Waals surface area (Å²) >= 11 is 0. The molecule has 2 N–H and O–H groups in total. The monoisotopic (exact) mass is 263 g/mol. The minimum Gasteiger partial charge on any atom is -0.462 e. The van der Waals surface area contributed by atoms with Crippen molar-refractivity contribution in [2.45, 2.75) is 45.4 Å². The highest BCUT2D eigenvalue weighted by Gasteiger charge is 2.11. The summed E-state index contributed by atoms with van der Waals surface area (Å²) in [7, 11) is 0. The van der Waals surface area contributed by atoms with Crippen LogP contribution in [0.4, 0.5) is 0 Å². The summed E-state index contributed by atoms with van der Waals surface area (Å²) in [5.74, 6) is -0.223. The van der Waals surface area contributed by atoms with Gasteiger partial charge >= 0.3 is 5.97 Å². The summed E-state index contributed by atoms with van der Waals surface area (Å²) in [6.07, 6.45) is 6.50. The van der Waals surface area contributed by atoms with Gasteiger partial charge in [0.2, 0.25) is 0 Å². The average Bonchev–Trinajstić information content (AvgIpc) is 2.43. The zero-order chi connectivity index (χ0) is 13.9. The van der Waals surface area contributed by atoms with Gasteiger partial charge in [0.05, 0.1) is 12.2 Å². The summed E-state index contributed by atoms with van der Waals surface area (Å²) in [6, 6.07) is 7.53. The molecule has 0 aliphatic heterocycles. The number of carbonyl (C=O) groups excluding carboxylic acids is 1. The molecule has 0 bridgehead atoms. The Hall–Kier alpha value is -1.35. The fourth-order valence-electron chi connectivity index (χ4n) is 2.04. The van der Waals surface area contributed by atoms with Crippen molar-refractivity contribution in [1.82, 2.24) is 0 Å². The molecule has 0 aromatic heterocycles. The van der Waals surface area contributed by atoms with Crippen molar-refractivity contribution in [2.75, 3.05) is 13.2 Å². The van der Waals surface area contributed by atoms with Crippen LogP contribution in [0.2, 0.25) is 0 Å². The lowest BCUT2D eigenvalue weighted by molar-refractivity contribution is 0.0496. The largest absolute Gasteiger partial charge is 0.462 e. The summed E-state index contributed by atoms with van der Waals surface area (Å²) in [5, 5.41) is 0. The van der Waals surface area contributed by atoms with Crippen LogP contribution in [0.3, 0.4) is 0 Å². The molecule has 0 atom stereocenters. The van der Waals surface area contributed by atoms with Crippen molar-refractivity contribution < 1.29 is 9.53 Å². The van der Waals surface area contributed by atoms with Crippen LogP contribution >= 0.6 is 0 Å². The number of hydrogen-bond donors (Lipinski definition) is 1. The molecule has 0 fully saturated rings. The van der Waals surface area contributed by atoms with Crippen molar-refractivity contribution in [3.63, 3.8) is 0 Å². The van der Waals surface area contributed by atoms with Crippen molar-refractivity contribution in [3.8, 4) is 0 Å². The first-order valence-electron chi connectivity index (χ1n) is 7.24. The number of nitrogens with two attached hydrogens (primary N) is 1. The number of carbonyl (C=O) groups is 1. The van der Waals surface area contributed by atoms with Gasteiger partial charge in [-0.05, 0) is 31.0 Å². The summed E-state index contributed by atoms with van der Waals surface area (Å²) in [6.45, 7) is 3.25. The van der Waals surface area contributed by atoms with Gasteiger partial charge in [-0.15, -0.1) is 0 Å². The van der Waals surface area contributed by atoms with E-state index < -0.39 is 0 Å². The van der Waals surface area contributed by atoms with Crippen LogP contribution in [0.1, 0.15) is 54.9 Å². The molecule has 106 valence electrons. The Bertz CT molecular complexity index is 377. The van der Waals surface area contributed by atoms with E-state index in [1.165, 1.54) is 19.3 Å². The third kappa shape index (κ3) is 5.88. The molecule has 0 unspecified atom stereocenters. The fraction of sp³-hybridized carbons (Fsp3) is 0.562. The third-order valence-electron chi connectivity index (χ3n) is 3.13. The molecule has 1 aromatic rings. The second-order valence-electron chi connectivity index (χ2n) is 4.75. The first kappa shape index (κ1) is 15.7. The van der Waals surface area contributed by atoms with Crippen molar-refractivity contribution >= 4 is 5.97 Å².